The maximum Gasteiger partial charge on any atom is 0.226 e. The molecule has 0 bridgehead atoms. The van der Waals surface area contributed by atoms with E-state index >= 15 is 0 Å². The number of aromatic nitrogens is 1. The Bertz CT molecular complexity index is 1420. The molecule has 2 heterocycles. The first-order chi connectivity index (χ1) is 18.9. The third kappa shape index (κ3) is 6.56. The van der Waals surface area contributed by atoms with Gasteiger partial charge in [0.25, 0.3) is 0 Å². The van der Waals surface area contributed by atoms with Gasteiger partial charge in [-0.15, -0.1) is 0 Å². The Balaban J connectivity index is 1.22. The highest BCUT2D eigenvalue weighted by Crippen LogP contribution is 2.35. The van der Waals surface area contributed by atoms with E-state index in [-0.39, 0.29) is 11.8 Å². The molecule has 0 aliphatic carbocycles. The van der Waals surface area contributed by atoms with Gasteiger partial charge in [-0.25, -0.2) is 0 Å². The second-order valence-corrected chi connectivity index (χ2v) is 11.8. The van der Waals surface area contributed by atoms with E-state index in [1.807, 2.05) is 26.0 Å². The average molecular weight is 589 g/mol. The molecule has 0 radical (unpaired) electrons. The van der Waals surface area contributed by atoms with E-state index in [1.54, 1.807) is 7.11 Å². The minimum absolute atomic E-state index is 0.0193. The van der Waals surface area contributed by atoms with Gasteiger partial charge in [0.1, 0.15) is 5.75 Å². The van der Waals surface area contributed by atoms with Gasteiger partial charge >= 0.3 is 0 Å². The number of hydrogen-bond donors (Lipinski definition) is 2. The molecule has 0 saturated carbocycles. The van der Waals surface area contributed by atoms with Crippen molar-refractivity contribution in [1.29, 1.82) is 0 Å². The third-order valence-electron chi connectivity index (χ3n) is 7.88. The topological polar surface area (TPSA) is 57.4 Å². The van der Waals surface area contributed by atoms with Gasteiger partial charge in [-0.1, -0.05) is 54.0 Å². The largest absolute Gasteiger partial charge is 0.497 e. The van der Waals surface area contributed by atoms with Crippen molar-refractivity contribution in [3.8, 4) is 17.0 Å². The van der Waals surface area contributed by atoms with Crippen LogP contribution in [0.4, 0.5) is 5.69 Å². The molecule has 6 heteroatoms. The standard InChI is InChI=1S/C33H38BrN3O2/c1-22(2)33(38)35-27-7-4-6-25(20-27)23-15-18-37(19-16-23)17-5-8-29-30-21-28(39-3)13-14-31(30)36-32(29)24-9-11-26(34)12-10-24/h4,6-7,9-14,20-23,36H,5,8,15-19H2,1-3H3,(H,35,38). The van der Waals surface area contributed by atoms with Gasteiger partial charge < -0.3 is 19.9 Å². The number of ether oxygens (including phenoxy) is 1. The molecule has 1 aliphatic heterocycles. The van der Waals surface area contributed by atoms with E-state index < -0.39 is 0 Å². The number of nitrogens with one attached hydrogen (secondary N) is 2. The molecule has 0 unspecified atom stereocenters. The first-order valence-corrected chi connectivity index (χ1v) is 14.8. The van der Waals surface area contributed by atoms with Crippen molar-refractivity contribution in [2.75, 3.05) is 32.1 Å². The average Bonchev–Trinajstić information content (AvgIpc) is 3.31. The summed E-state index contributed by atoms with van der Waals surface area (Å²) in [4.78, 5) is 18.4. The number of piperidine rings is 1. The number of aryl methyl sites for hydroxylation is 1. The number of anilines is 1. The smallest absolute Gasteiger partial charge is 0.226 e. The summed E-state index contributed by atoms with van der Waals surface area (Å²) >= 11 is 3.56. The maximum atomic E-state index is 12.1. The molecule has 5 nitrogen and oxygen atoms in total. The maximum absolute atomic E-state index is 12.1. The minimum atomic E-state index is -0.0193. The molecule has 1 aromatic heterocycles. The van der Waals surface area contributed by atoms with Gasteiger partial charge in [0.2, 0.25) is 5.91 Å². The lowest BCUT2D eigenvalue weighted by Crippen LogP contribution is -2.33. The summed E-state index contributed by atoms with van der Waals surface area (Å²) in [6.45, 7) is 7.15. The number of hydrogen-bond acceptors (Lipinski definition) is 3. The number of aromatic amines is 1. The van der Waals surface area contributed by atoms with Crippen LogP contribution in [0, 0.1) is 5.92 Å². The summed E-state index contributed by atoms with van der Waals surface area (Å²) < 4.78 is 6.63. The van der Waals surface area contributed by atoms with Crippen LogP contribution in [0.3, 0.4) is 0 Å². The van der Waals surface area contributed by atoms with Gasteiger partial charge in [0.15, 0.2) is 0 Å². The van der Waals surface area contributed by atoms with E-state index in [9.17, 15) is 4.79 Å². The Labute approximate surface area is 240 Å². The van der Waals surface area contributed by atoms with Crippen LogP contribution >= 0.6 is 15.9 Å². The van der Waals surface area contributed by atoms with Crippen molar-refractivity contribution >= 4 is 38.4 Å². The molecule has 1 aliphatic rings. The van der Waals surface area contributed by atoms with Crippen LogP contribution < -0.4 is 10.1 Å². The van der Waals surface area contributed by atoms with E-state index in [0.29, 0.717) is 5.92 Å². The predicted molar refractivity (Wildman–Crippen MR) is 165 cm³/mol. The number of nitrogens with zero attached hydrogens (tertiary/aromatic N) is 1. The number of carbonyl (C=O) groups excluding carboxylic acids is 1. The van der Waals surface area contributed by atoms with Gasteiger partial charge in [-0.3, -0.25) is 4.79 Å². The lowest BCUT2D eigenvalue weighted by molar-refractivity contribution is -0.118. The fourth-order valence-electron chi connectivity index (χ4n) is 5.60. The number of benzene rings is 3. The predicted octanol–water partition coefficient (Wildman–Crippen LogP) is 8.01. The summed E-state index contributed by atoms with van der Waals surface area (Å²) in [5, 5.41) is 4.29. The molecule has 204 valence electrons. The molecule has 1 fully saturated rings. The fourth-order valence-corrected chi connectivity index (χ4v) is 5.87. The van der Waals surface area contributed by atoms with Crippen LogP contribution in [-0.4, -0.2) is 42.5 Å². The Morgan fingerprint density at radius 1 is 1.08 bits per heavy atom. The number of H-pyrrole nitrogens is 1. The Hall–Kier alpha value is -3.09. The first-order valence-electron chi connectivity index (χ1n) is 14.0. The van der Waals surface area contributed by atoms with Gasteiger partial charge in [0, 0.05) is 32.7 Å². The molecule has 0 atom stereocenters. The van der Waals surface area contributed by atoms with E-state index in [2.05, 4.69) is 85.7 Å². The molecule has 39 heavy (non-hydrogen) atoms. The molecule has 5 rings (SSSR count). The number of fused-ring (bicyclic) bond motifs is 1. The summed E-state index contributed by atoms with van der Waals surface area (Å²) in [6.07, 6.45) is 4.41. The number of likely N-dealkylation sites (tertiary alicyclic amines) is 1. The van der Waals surface area contributed by atoms with Crippen LogP contribution in [0.1, 0.15) is 50.2 Å². The lowest BCUT2D eigenvalue weighted by atomic mass is 9.89. The van der Waals surface area contributed by atoms with E-state index in [4.69, 9.17) is 4.74 Å². The highest BCUT2D eigenvalue weighted by molar-refractivity contribution is 9.10. The number of methoxy groups -OCH3 is 1. The van der Waals surface area contributed by atoms with Gasteiger partial charge in [-0.2, -0.15) is 0 Å². The molecular formula is C33H38BrN3O2. The van der Waals surface area contributed by atoms with Gasteiger partial charge in [-0.05, 0) is 110 Å². The first kappa shape index (κ1) is 27.5. The van der Waals surface area contributed by atoms with Crippen molar-refractivity contribution in [3.63, 3.8) is 0 Å². The molecule has 3 aromatic carbocycles. The zero-order valence-corrected chi connectivity index (χ0v) is 24.7. The number of rotatable bonds is 9. The SMILES string of the molecule is COc1ccc2[nH]c(-c3ccc(Br)cc3)c(CCCN3CCC(c4cccc(NC(=O)C(C)C)c4)CC3)c2c1. The molecule has 0 spiro atoms. The molecule has 1 amide bonds. The lowest BCUT2D eigenvalue weighted by Gasteiger charge is -2.32. The second kappa shape index (κ2) is 12.4. The number of amides is 1. The minimum Gasteiger partial charge on any atom is -0.497 e. The monoisotopic (exact) mass is 587 g/mol. The van der Waals surface area contributed by atoms with Gasteiger partial charge in [0.05, 0.1) is 7.11 Å². The van der Waals surface area contributed by atoms with E-state index in [0.717, 1.165) is 66.7 Å². The summed E-state index contributed by atoms with van der Waals surface area (Å²) in [7, 11) is 1.73. The van der Waals surface area contributed by atoms with E-state index in [1.165, 1.54) is 27.8 Å². The Morgan fingerprint density at radius 3 is 2.56 bits per heavy atom. The van der Waals surface area contributed by atoms with Crippen LogP contribution in [0.2, 0.25) is 0 Å². The second-order valence-electron chi connectivity index (χ2n) is 10.9. The quantitative estimate of drug-likeness (QED) is 0.208. The number of halogens is 1. The van der Waals surface area contributed by atoms with Crippen molar-refractivity contribution in [2.45, 2.75) is 45.4 Å². The van der Waals surface area contributed by atoms with Crippen LogP contribution in [0.25, 0.3) is 22.2 Å². The van der Waals surface area contributed by atoms with Crippen molar-refractivity contribution in [1.82, 2.24) is 9.88 Å². The van der Waals surface area contributed by atoms with Crippen molar-refractivity contribution in [3.05, 3.63) is 82.3 Å². The summed E-state index contributed by atoms with van der Waals surface area (Å²) in [5.41, 5.74) is 7.16. The highest BCUT2D eigenvalue weighted by Gasteiger charge is 2.21. The molecular weight excluding hydrogens is 550 g/mol. The van der Waals surface area contributed by atoms with Crippen LogP contribution in [0.5, 0.6) is 5.75 Å². The molecule has 2 N–H and O–H groups in total. The zero-order valence-electron chi connectivity index (χ0n) is 23.1. The summed E-state index contributed by atoms with van der Waals surface area (Å²) in [5.74, 6) is 1.48. The van der Waals surface area contributed by atoms with Crippen LogP contribution in [0.15, 0.2) is 71.2 Å². The van der Waals surface area contributed by atoms with Crippen molar-refractivity contribution in [2.24, 2.45) is 5.92 Å². The van der Waals surface area contributed by atoms with Crippen molar-refractivity contribution < 1.29 is 9.53 Å². The normalized spacial score (nSPS) is 14.7. The summed E-state index contributed by atoms with van der Waals surface area (Å²) in [6, 6.07) is 23.3. The fraction of sp³-hybridized carbons (Fsp3) is 0.364. The third-order valence-corrected chi connectivity index (χ3v) is 8.41. The Kier molecular flexibility index (Phi) is 8.73. The van der Waals surface area contributed by atoms with Crippen LogP contribution in [-0.2, 0) is 11.2 Å². The number of carbonyl (C=O) groups is 1. The molecule has 4 aromatic rings. The molecule has 1 saturated heterocycles. The Morgan fingerprint density at radius 2 is 1.85 bits per heavy atom. The zero-order chi connectivity index (χ0) is 27.4. The highest BCUT2D eigenvalue weighted by atomic mass is 79.9.